The van der Waals surface area contributed by atoms with E-state index in [-0.39, 0.29) is 6.04 Å². The molecule has 0 radical (unpaired) electrons. The summed E-state index contributed by atoms with van der Waals surface area (Å²) in [6.07, 6.45) is 8.91. The van der Waals surface area contributed by atoms with E-state index in [0.717, 1.165) is 18.3 Å². The zero-order chi connectivity index (χ0) is 14.0. The fourth-order valence-corrected chi connectivity index (χ4v) is 3.70. The number of hydrogen-bond donors (Lipinski definition) is 1. The Hall–Kier alpha value is -0.830. The third kappa shape index (κ3) is 3.02. The van der Waals surface area contributed by atoms with Gasteiger partial charge in [-0.1, -0.05) is 34.1 Å². The topological polar surface area (TPSA) is 43.8 Å². The number of hydrogen-bond acceptors (Lipinski definition) is 2. The first-order valence-electron chi connectivity index (χ1n) is 7.81. The molecule has 1 aliphatic carbocycles. The molecule has 1 aromatic rings. The first kappa shape index (κ1) is 14.6. The summed E-state index contributed by atoms with van der Waals surface area (Å²) in [5, 5.41) is 0. The number of nitrogens with zero attached hydrogens (tertiary/aromatic N) is 2. The Balaban J connectivity index is 2.16. The van der Waals surface area contributed by atoms with E-state index in [0.29, 0.717) is 12.0 Å². The average Bonchev–Trinajstić information content (AvgIpc) is 2.93. The smallest absolute Gasteiger partial charge is 0.0951 e. The molecule has 0 aliphatic heterocycles. The summed E-state index contributed by atoms with van der Waals surface area (Å²) in [6, 6.07) is 0.719. The van der Waals surface area contributed by atoms with Gasteiger partial charge in [0.15, 0.2) is 0 Å². The van der Waals surface area contributed by atoms with Crippen molar-refractivity contribution >= 4 is 0 Å². The Morgan fingerprint density at radius 1 is 1.42 bits per heavy atom. The normalized spacial score (nSPS) is 29.1. The lowest BCUT2D eigenvalue weighted by Gasteiger charge is -2.25. The maximum Gasteiger partial charge on any atom is 0.0951 e. The number of imidazole rings is 1. The van der Waals surface area contributed by atoms with E-state index < -0.39 is 0 Å². The van der Waals surface area contributed by atoms with Gasteiger partial charge in [0.2, 0.25) is 0 Å². The highest BCUT2D eigenvalue weighted by Crippen LogP contribution is 2.42. The molecule has 1 aliphatic rings. The summed E-state index contributed by atoms with van der Waals surface area (Å²) in [5.74, 6) is 2.23. The van der Waals surface area contributed by atoms with E-state index >= 15 is 0 Å². The van der Waals surface area contributed by atoms with E-state index in [2.05, 4.69) is 37.2 Å². The minimum absolute atomic E-state index is 0.121. The van der Waals surface area contributed by atoms with Crippen LogP contribution in [0.25, 0.3) is 0 Å². The molecule has 0 bridgehead atoms. The molecule has 4 unspecified atom stereocenters. The van der Waals surface area contributed by atoms with Gasteiger partial charge in [0.05, 0.1) is 12.0 Å². The monoisotopic (exact) mass is 263 g/mol. The van der Waals surface area contributed by atoms with Crippen molar-refractivity contribution in [3.05, 3.63) is 18.2 Å². The Kier molecular flexibility index (Phi) is 4.67. The molecule has 4 atom stereocenters. The zero-order valence-electron chi connectivity index (χ0n) is 12.8. The quantitative estimate of drug-likeness (QED) is 0.875. The van der Waals surface area contributed by atoms with Crippen LogP contribution < -0.4 is 5.73 Å². The van der Waals surface area contributed by atoms with Gasteiger partial charge in [0, 0.05) is 18.3 Å². The molecule has 3 nitrogen and oxygen atoms in total. The van der Waals surface area contributed by atoms with Crippen LogP contribution in [0.5, 0.6) is 0 Å². The SMILES string of the molecule is CCC1CCC(n2cncc2C(N)CC(C)C)C1C. The number of nitrogens with two attached hydrogens (primary N) is 1. The van der Waals surface area contributed by atoms with Crippen LogP contribution in [0, 0.1) is 17.8 Å². The maximum atomic E-state index is 6.36. The van der Waals surface area contributed by atoms with E-state index in [1.165, 1.54) is 25.0 Å². The van der Waals surface area contributed by atoms with Gasteiger partial charge in [-0.25, -0.2) is 4.98 Å². The molecule has 1 saturated carbocycles. The lowest BCUT2D eigenvalue weighted by molar-refractivity contribution is 0.319. The Morgan fingerprint density at radius 3 is 2.74 bits per heavy atom. The first-order valence-corrected chi connectivity index (χ1v) is 7.81. The molecule has 0 spiro atoms. The van der Waals surface area contributed by atoms with Crippen LogP contribution in [-0.4, -0.2) is 9.55 Å². The Labute approximate surface area is 117 Å². The highest BCUT2D eigenvalue weighted by Gasteiger charge is 2.34. The van der Waals surface area contributed by atoms with Crippen molar-refractivity contribution in [2.24, 2.45) is 23.5 Å². The van der Waals surface area contributed by atoms with Gasteiger partial charge in [-0.05, 0) is 37.0 Å². The van der Waals surface area contributed by atoms with E-state index in [1.54, 1.807) is 0 Å². The lowest BCUT2D eigenvalue weighted by atomic mass is 9.93. The maximum absolute atomic E-state index is 6.36. The fourth-order valence-electron chi connectivity index (χ4n) is 3.70. The zero-order valence-corrected chi connectivity index (χ0v) is 12.8. The van der Waals surface area contributed by atoms with Crippen molar-refractivity contribution in [1.29, 1.82) is 0 Å². The molecule has 1 fully saturated rings. The molecule has 2 N–H and O–H groups in total. The minimum Gasteiger partial charge on any atom is -0.330 e. The Bertz CT molecular complexity index is 396. The van der Waals surface area contributed by atoms with Gasteiger partial charge >= 0.3 is 0 Å². The van der Waals surface area contributed by atoms with Crippen LogP contribution in [0.1, 0.15) is 71.2 Å². The van der Waals surface area contributed by atoms with E-state index in [4.69, 9.17) is 5.73 Å². The second-order valence-corrected chi connectivity index (χ2v) is 6.63. The highest BCUT2D eigenvalue weighted by molar-refractivity contribution is 5.08. The van der Waals surface area contributed by atoms with Crippen LogP contribution in [0.2, 0.25) is 0 Å². The number of aromatic nitrogens is 2. The molecule has 1 heterocycles. The summed E-state index contributed by atoms with van der Waals surface area (Å²) in [6.45, 7) is 9.16. The van der Waals surface area contributed by atoms with Crippen molar-refractivity contribution in [2.75, 3.05) is 0 Å². The summed E-state index contributed by atoms with van der Waals surface area (Å²) < 4.78 is 2.37. The van der Waals surface area contributed by atoms with Crippen LogP contribution in [0.3, 0.4) is 0 Å². The van der Waals surface area contributed by atoms with Gasteiger partial charge in [-0.2, -0.15) is 0 Å². The second kappa shape index (κ2) is 6.08. The third-order valence-electron chi connectivity index (χ3n) is 4.87. The molecule has 1 aromatic heterocycles. The summed E-state index contributed by atoms with van der Waals surface area (Å²) in [4.78, 5) is 4.36. The van der Waals surface area contributed by atoms with Crippen molar-refractivity contribution in [3.8, 4) is 0 Å². The minimum atomic E-state index is 0.121. The van der Waals surface area contributed by atoms with Crippen LogP contribution in [-0.2, 0) is 0 Å². The van der Waals surface area contributed by atoms with Gasteiger partial charge in [0.1, 0.15) is 0 Å². The largest absolute Gasteiger partial charge is 0.330 e. The molecule has 0 amide bonds. The van der Waals surface area contributed by atoms with Crippen molar-refractivity contribution in [2.45, 2.75) is 65.5 Å². The van der Waals surface area contributed by atoms with Crippen molar-refractivity contribution in [3.63, 3.8) is 0 Å². The van der Waals surface area contributed by atoms with Crippen molar-refractivity contribution in [1.82, 2.24) is 9.55 Å². The van der Waals surface area contributed by atoms with Crippen molar-refractivity contribution < 1.29 is 0 Å². The van der Waals surface area contributed by atoms with Crippen LogP contribution in [0.15, 0.2) is 12.5 Å². The van der Waals surface area contributed by atoms with E-state index in [1.807, 2.05) is 12.5 Å². The molecule has 108 valence electrons. The van der Waals surface area contributed by atoms with Gasteiger partial charge < -0.3 is 10.3 Å². The summed E-state index contributed by atoms with van der Waals surface area (Å²) in [5.41, 5.74) is 7.58. The fraction of sp³-hybridized carbons (Fsp3) is 0.812. The van der Waals surface area contributed by atoms with E-state index in [9.17, 15) is 0 Å². The third-order valence-corrected chi connectivity index (χ3v) is 4.87. The summed E-state index contributed by atoms with van der Waals surface area (Å²) >= 11 is 0. The predicted molar refractivity (Wildman–Crippen MR) is 79.8 cm³/mol. The first-order chi connectivity index (χ1) is 9.04. The molecule has 3 heteroatoms. The molecular formula is C16H29N3. The molecular weight excluding hydrogens is 234 g/mol. The second-order valence-electron chi connectivity index (χ2n) is 6.63. The molecule has 0 aromatic carbocycles. The average molecular weight is 263 g/mol. The van der Waals surface area contributed by atoms with Gasteiger partial charge in [-0.3, -0.25) is 0 Å². The van der Waals surface area contributed by atoms with Crippen LogP contribution in [0.4, 0.5) is 0 Å². The standard InChI is InChI=1S/C16H29N3/c1-5-13-6-7-15(12(13)4)19-10-18-9-16(19)14(17)8-11(2)3/h9-15H,5-8,17H2,1-4H3. The van der Waals surface area contributed by atoms with Crippen LogP contribution >= 0.6 is 0 Å². The molecule has 19 heavy (non-hydrogen) atoms. The highest BCUT2D eigenvalue weighted by atomic mass is 15.1. The van der Waals surface area contributed by atoms with Gasteiger partial charge in [-0.15, -0.1) is 0 Å². The summed E-state index contributed by atoms with van der Waals surface area (Å²) in [7, 11) is 0. The predicted octanol–water partition coefficient (Wildman–Crippen LogP) is 3.93. The molecule has 0 saturated heterocycles. The van der Waals surface area contributed by atoms with Gasteiger partial charge in [0.25, 0.3) is 0 Å². The Morgan fingerprint density at radius 2 is 2.16 bits per heavy atom. The molecule has 2 rings (SSSR count). The lowest BCUT2D eigenvalue weighted by Crippen LogP contribution is -2.22. The number of rotatable bonds is 5.